The largest absolute Gasteiger partial charge is 0.452 e. The zero-order chi connectivity index (χ0) is 58.3. The maximum atomic E-state index is 7.16. The molecule has 0 spiro atoms. The number of furan rings is 2. The van der Waals surface area contributed by atoms with Crippen molar-refractivity contribution < 1.29 is 8.83 Å². The molecule has 0 amide bonds. The maximum Gasteiger partial charge on any atom is 0.181 e. The molecule has 0 saturated carbocycles. The van der Waals surface area contributed by atoms with Crippen LogP contribution in [0.5, 0.6) is 0 Å². The molecule has 0 aliphatic carbocycles. The maximum absolute atomic E-state index is 7.16. The topological polar surface area (TPSA) is 58.5 Å². The number of aromatic nitrogens is 2. The van der Waals surface area contributed by atoms with Gasteiger partial charge in [0.2, 0.25) is 0 Å². The van der Waals surface area contributed by atoms with Gasteiger partial charge in [0.05, 0.1) is 5.69 Å². The van der Waals surface area contributed by atoms with Gasteiger partial charge in [-0.25, -0.2) is 4.98 Å². The fourth-order valence-electron chi connectivity index (χ4n) is 12.5. The molecule has 12 aromatic carbocycles. The van der Waals surface area contributed by atoms with E-state index in [1.165, 1.54) is 0 Å². The first-order valence-electron chi connectivity index (χ1n) is 29.7. The number of fused-ring (bicyclic) bond motifs is 6. The Hall–Kier alpha value is -11.9. The third-order valence-electron chi connectivity index (χ3n) is 16.7. The first-order chi connectivity index (χ1) is 43.6. The van der Waals surface area contributed by atoms with Gasteiger partial charge in [0.25, 0.3) is 0 Å². The van der Waals surface area contributed by atoms with Crippen molar-refractivity contribution in [3.05, 3.63) is 328 Å². The lowest BCUT2D eigenvalue weighted by Gasteiger charge is -2.27. The Morgan fingerprint density at radius 3 is 1.18 bits per heavy atom. The Morgan fingerprint density at radius 2 is 0.648 bits per heavy atom. The molecule has 16 aromatic rings. The third kappa shape index (κ3) is 9.61. The van der Waals surface area contributed by atoms with Crippen LogP contribution >= 0.6 is 0 Å². The van der Waals surface area contributed by atoms with Gasteiger partial charge in [-0.2, -0.15) is 0 Å². The molecule has 16 rings (SSSR count). The highest BCUT2D eigenvalue weighted by atomic mass is 16.3. The van der Waals surface area contributed by atoms with E-state index >= 15 is 0 Å². The van der Waals surface area contributed by atoms with E-state index in [2.05, 4.69) is 301 Å². The van der Waals surface area contributed by atoms with E-state index in [9.17, 15) is 0 Å². The van der Waals surface area contributed by atoms with Gasteiger partial charge in [-0.05, 0) is 163 Å². The summed E-state index contributed by atoms with van der Waals surface area (Å²) in [6, 6.07) is 112. The number of para-hydroxylation sites is 2. The van der Waals surface area contributed by atoms with Gasteiger partial charge >= 0.3 is 0 Å². The second kappa shape index (κ2) is 22.3. The van der Waals surface area contributed by atoms with Crippen molar-refractivity contribution in [2.45, 2.75) is 0 Å². The number of hydrogen-bond acceptors (Lipinski definition) is 6. The van der Waals surface area contributed by atoms with Gasteiger partial charge in [-0.1, -0.05) is 224 Å². The predicted molar refractivity (Wildman–Crippen MR) is 364 cm³/mol. The molecule has 0 radical (unpaired) electrons. The molecular formula is C82H54N4O2. The van der Waals surface area contributed by atoms with Crippen LogP contribution in [-0.2, 0) is 0 Å². The Kier molecular flexibility index (Phi) is 13.1. The van der Waals surface area contributed by atoms with Gasteiger partial charge < -0.3 is 13.7 Å². The van der Waals surface area contributed by atoms with Gasteiger partial charge in [-0.15, -0.1) is 0 Å². The SMILES string of the molecule is c1ccc(-c2ccc(N(c3cc(-c4ccccc4)cc(-c4cccc(-c5cnc(N(c6ccc(-c7ccccc7)cc6)c6cc(-c7ccccc7)cc(-c7ccccc7)c6)c6oc7ccccc7c56)c4)c3)c3ccnc4c3oc3ccccc34)cc2)cc1. The van der Waals surface area contributed by atoms with Crippen LogP contribution in [0.1, 0.15) is 0 Å². The average Bonchev–Trinajstić information content (AvgIpc) is 1.71. The van der Waals surface area contributed by atoms with Crippen LogP contribution in [0, 0.1) is 0 Å². The molecule has 4 heterocycles. The lowest BCUT2D eigenvalue weighted by molar-refractivity contribution is 0.667. The predicted octanol–water partition coefficient (Wildman–Crippen LogP) is 22.9. The van der Waals surface area contributed by atoms with Crippen LogP contribution in [-0.4, -0.2) is 9.97 Å². The van der Waals surface area contributed by atoms with Gasteiger partial charge in [0, 0.05) is 56.9 Å². The number of pyridine rings is 2. The summed E-state index contributed by atoms with van der Waals surface area (Å²) in [5.74, 6) is 0.676. The summed E-state index contributed by atoms with van der Waals surface area (Å²) in [4.78, 5) is 15.0. The molecule has 6 heteroatoms. The molecule has 414 valence electrons. The molecule has 4 aromatic heterocycles. The lowest BCUT2D eigenvalue weighted by atomic mass is 9.94. The number of nitrogens with zero attached hydrogens (tertiary/aromatic N) is 4. The summed E-state index contributed by atoms with van der Waals surface area (Å²) in [5.41, 5.74) is 23.6. The van der Waals surface area contributed by atoms with Crippen LogP contribution in [0.4, 0.5) is 34.3 Å². The van der Waals surface area contributed by atoms with E-state index in [-0.39, 0.29) is 0 Å². The van der Waals surface area contributed by atoms with E-state index in [4.69, 9.17) is 18.8 Å². The van der Waals surface area contributed by atoms with E-state index in [0.717, 1.165) is 139 Å². The minimum Gasteiger partial charge on any atom is -0.452 e. The smallest absolute Gasteiger partial charge is 0.181 e. The lowest BCUT2D eigenvalue weighted by Crippen LogP contribution is -2.12. The van der Waals surface area contributed by atoms with Crippen molar-refractivity contribution in [1.29, 1.82) is 0 Å². The Labute approximate surface area is 509 Å². The standard InChI is InChI=1S/C82H54N4O2/c1-6-21-55(22-7-1)60-37-41-68(42-38-60)85(75-45-46-83-79-73-34-17-19-36-77(73)87-80(75)79)70-50-66(59-29-14-5-15-30-59)49-67(53-70)62-31-20-32-63(47-62)74-54-84-82(81-78(74)72-33-16-18-35-76(72)88-81)86(69-43-39-61(40-44-69)56-23-8-2-9-24-56)71-51-64(57-25-10-3-11-26-57)48-65(52-71)58-27-12-4-13-28-58/h1-54H. The summed E-state index contributed by atoms with van der Waals surface area (Å²) in [6.45, 7) is 0. The van der Waals surface area contributed by atoms with Crippen LogP contribution < -0.4 is 9.80 Å². The van der Waals surface area contributed by atoms with Crippen LogP contribution in [0.15, 0.2) is 337 Å². The zero-order valence-electron chi connectivity index (χ0n) is 47.8. The molecule has 0 unspecified atom stereocenters. The Bertz CT molecular complexity index is 5120. The molecule has 6 nitrogen and oxygen atoms in total. The first-order valence-corrected chi connectivity index (χ1v) is 29.7. The van der Waals surface area contributed by atoms with Crippen molar-refractivity contribution >= 4 is 78.3 Å². The summed E-state index contributed by atoms with van der Waals surface area (Å²) in [7, 11) is 0. The number of hydrogen-bond donors (Lipinski definition) is 0. The van der Waals surface area contributed by atoms with Gasteiger partial charge in [-0.3, -0.25) is 9.88 Å². The quantitative estimate of drug-likeness (QED) is 0.115. The highest BCUT2D eigenvalue weighted by Gasteiger charge is 2.26. The average molecular weight is 1130 g/mol. The van der Waals surface area contributed by atoms with Gasteiger partial charge in [0.1, 0.15) is 16.7 Å². The second-order valence-corrected chi connectivity index (χ2v) is 22.1. The number of rotatable bonds is 13. The van der Waals surface area contributed by atoms with Crippen LogP contribution in [0.3, 0.4) is 0 Å². The summed E-state index contributed by atoms with van der Waals surface area (Å²) < 4.78 is 13.9. The van der Waals surface area contributed by atoms with Crippen molar-refractivity contribution in [2.75, 3.05) is 9.80 Å². The number of benzene rings is 12. The summed E-state index contributed by atoms with van der Waals surface area (Å²) in [6.07, 6.45) is 3.93. The fourth-order valence-corrected chi connectivity index (χ4v) is 12.5. The van der Waals surface area contributed by atoms with Crippen molar-refractivity contribution in [2.24, 2.45) is 0 Å². The molecule has 0 N–H and O–H groups in total. The second-order valence-electron chi connectivity index (χ2n) is 22.1. The molecule has 0 fully saturated rings. The van der Waals surface area contributed by atoms with Gasteiger partial charge in [0.15, 0.2) is 17.0 Å². The Morgan fingerprint density at radius 1 is 0.261 bits per heavy atom. The van der Waals surface area contributed by atoms with Crippen molar-refractivity contribution in [3.8, 4) is 77.9 Å². The minimum atomic E-state index is 0.676. The van der Waals surface area contributed by atoms with E-state index < -0.39 is 0 Å². The van der Waals surface area contributed by atoms with Crippen molar-refractivity contribution in [3.63, 3.8) is 0 Å². The molecule has 0 bridgehead atoms. The number of anilines is 6. The van der Waals surface area contributed by atoms with Crippen molar-refractivity contribution in [1.82, 2.24) is 9.97 Å². The first kappa shape index (κ1) is 51.8. The highest BCUT2D eigenvalue weighted by Crippen LogP contribution is 2.49. The molecule has 88 heavy (non-hydrogen) atoms. The molecule has 0 aliphatic heterocycles. The van der Waals surface area contributed by atoms with Crippen LogP contribution in [0.2, 0.25) is 0 Å². The normalized spacial score (nSPS) is 11.4. The molecule has 0 saturated heterocycles. The fraction of sp³-hybridized carbons (Fsp3) is 0. The minimum absolute atomic E-state index is 0.676. The van der Waals surface area contributed by atoms with E-state index in [0.29, 0.717) is 17.0 Å². The monoisotopic (exact) mass is 1130 g/mol. The third-order valence-corrected chi connectivity index (χ3v) is 16.7. The molecular weight excluding hydrogens is 1070 g/mol. The summed E-state index contributed by atoms with van der Waals surface area (Å²) >= 11 is 0. The van der Waals surface area contributed by atoms with E-state index in [1.807, 2.05) is 36.7 Å². The highest BCUT2D eigenvalue weighted by molar-refractivity contribution is 6.16. The van der Waals surface area contributed by atoms with E-state index in [1.54, 1.807) is 0 Å². The zero-order valence-corrected chi connectivity index (χ0v) is 47.8. The molecule has 0 atom stereocenters. The summed E-state index contributed by atoms with van der Waals surface area (Å²) in [5, 5.41) is 2.94. The molecule has 0 aliphatic rings. The van der Waals surface area contributed by atoms with Crippen LogP contribution in [0.25, 0.3) is 122 Å². The Balaban J connectivity index is 0.880.